The molecule has 3 nitrogen and oxygen atoms in total. The van der Waals surface area contributed by atoms with Gasteiger partial charge in [0.05, 0.1) is 5.56 Å². The molecule has 0 fully saturated rings. The number of carboxylic acids is 1. The zero-order chi connectivity index (χ0) is 13.7. The Bertz CT molecular complexity index is 537. The first-order valence-electron chi connectivity index (χ1n) is 6.22. The summed E-state index contributed by atoms with van der Waals surface area (Å²) in [5.41, 5.74) is 2.67. The van der Waals surface area contributed by atoms with Crippen molar-refractivity contribution in [3.8, 4) is 0 Å². The molecular formula is C15H17NO2S. The molecule has 1 unspecified atom stereocenters. The van der Waals surface area contributed by atoms with Gasteiger partial charge in [0.1, 0.15) is 0 Å². The number of aromatic carboxylic acids is 1. The Hall–Kier alpha value is -1.65. The monoisotopic (exact) mass is 275 g/mol. The summed E-state index contributed by atoms with van der Waals surface area (Å²) < 4.78 is 0. The van der Waals surface area contributed by atoms with Gasteiger partial charge in [-0.05, 0) is 53.4 Å². The molecule has 0 saturated heterocycles. The normalized spacial score (nSPS) is 12.3. The van der Waals surface area contributed by atoms with Crippen molar-refractivity contribution in [1.82, 2.24) is 5.32 Å². The molecule has 1 aromatic heterocycles. The summed E-state index contributed by atoms with van der Waals surface area (Å²) in [6, 6.07) is 9.55. The smallest absolute Gasteiger partial charge is 0.335 e. The van der Waals surface area contributed by atoms with E-state index in [1.807, 2.05) is 6.07 Å². The van der Waals surface area contributed by atoms with Crippen LogP contribution in [-0.4, -0.2) is 17.1 Å². The number of carbonyl (C=O) groups is 1. The van der Waals surface area contributed by atoms with E-state index in [1.165, 1.54) is 5.56 Å². The maximum Gasteiger partial charge on any atom is 0.335 e. The SMILES string of the molecule is CC(Cc1ccsc1)NCc1cccc(C(=O)O)c1. The molecular weight excluding hydrogens is 258 g/mol. The van der Waals surface area contributed by atoms with E-state index in [9.17, 15) is 4.79 Å². The van der Waals surface area contributed by atoms with Crippen LogP contribution in [0.5, 0.6) is 0 Å². The van der Waals surface area contributed by atoms with Gasteiger partial charge in [0.15, 0.2) is 0 Å². The first-order chi connectivity index (χ1) is 9.15. The second-order valence-electron chi connectivity index (χ2n) is 4.62. The van der Waals surface area contributed by atoms with Gasteiger partial charge in [-0.2, -0.15) is 11.3 Å². The van der Waals surface area contributed by atoms with E-state index in [2.05, 4.69) is 29.1 Å². The van der Waals surface area contributed by atoms with E-state index in [1.54, 1.807) is 29.5 Å². The highest BCUT2D eigenvalue weighted by atomic mass is 32.1. The fourth-order valence-corrected chi connectivity index (χ4v) is 2.62. The van der Waals surface area contributed by atoms with E-state index in [-0.39, 0.29) is 0 Å². The van der Waals surface area contributed by atoms with Gasteiger partial charge in [-0.1, -0.05) is 12.1 Å². The lowest BCUT2D eigenvalue weighted by molar-refractivity contribution is 0.0697. The van der Waals surface area contributed by atoms with Crippen LogP contribution < -0.4 is 5.32 Å². The molecule has 1 heterocycles. The number of benzene rings is 1. The Balaban J connectivity index is 1.88. The van der Waals surface area contributed by atoms with E-state index in [4.69, 9.17) is 5.11 Å². The Morgan fingerprint density at radius 1 is 1.37 bits per heavy atom. The lowest BCUT2D eigenvalue weighted by Crippen LogP contribution is -2.27. The molecule has 0 saturated carbocycles. The Morgan fingerprint density at radius 3 is 2.89 bits per heavy atom. The quantitative estimate of drug-likeness (QED) is 0.851. The Labute approximate surface area is 116 Å². The number of carboxylic acid groups (broad SMARTS) is 1. The van der Waals surface area contributed by atoms with Gasteiger partial charge in [-0.15, -0.1) is 0 Å². The van der Waals surface area contributed by atoms with Crippen LogP contribution in [0.2, 0.25) is 0 Å². The number of thiophene rings is 1. The minimum Gasteiger partial charge on any atom is -0.478 e. The molecule has 0 bridgehead atoms. The van der Waals surface area contributed by atoms with Crippen LogP contribution >= 0.6 is 11.3 Å². The van der Waals surface area contributed by atoms with Crippen molar-refractivity contribution in [2.75, 3.05) is 0 Å². The zero-order valence-electron chi connectivity index (χ0n) is 10.8. The van der Waals surface area contributed by atoms with Gasteiger partial charge in [-0.25, -0.2) is 4.79 Å². The van der Waals surface area contributed by atoms with Crippen LogP contribution in [0.4, 0.5) is 0 Å². The van der Waals surface area contributed by atoms with Gasteiger partial charge in [-0.3, -0.25) is 0 Å². The number of nitrogens with one attached hydrogen (secondary N) is 1. The molecule has 0 aliphatic heterocycles. The lowest BCUT2D eigenvalue weighted by atomic mass is 10.1. The highest BCUT2D eigenvalue weighted by molar-refractivity contribution is 7.07. The van der Waals surface area contributed by atoms with Crippen molar-refractivity contribution >= 4 is 17.3 Å². The second-order valence-corrected chi connectivity index (χ2v) is 5.40. The summed E-state index contributed by atoms with van der Waals surface area (Å²) in [6.07, 6.45) is 0.988. The highest BCUT2D eigenvalue weighted by Crippen LogP contribution is 2.10. The zero-order valence-corrected chi connectivity index (χ0v) is 11.6. The molecule has 1 atom stereocenters. The summed E-state index contributed by atoms with van der Waals surface area (Å²) in [6.45, 7) is 2.82. The van der Waals surface area contributed by atoms with Crippen LogP contribution in [-0.2, 0) is 13.0 Å². The lowest BCUT2D eigenvalue weighted by Gasteiger charge is -2.13. The Morgan fingerprint density at radius 2 is 2.21 bits per heavy atom. The highest BCUT2D eigenvalue weighted by Gasteiger charge is 2.06. The molecule has 100 valence electrons. The molecule has 4 heteroatoms. The largest absolute Gasteiger partial charge is 0.478 e. The molecule has 0 amide bonds. The molecule has 1 aromatic carbocycles. The van der Waals surface area contributed by atoms with Crippen molar-refractivity contribution in [1.29, 1.82) is 0 Å². The van der Waals surface area contributed by atoms with Crippen molar-refractivity contribution in [3.05, 3.63) is 57.8 Å². The molecule has 2 N–H and O–H groups in total. The summed E-state index contributed by atoms with van der Waals surface area (Å²) in [4.78, 5) is 10.9. The van der Waals surface area contributed by atoms with Gasteiger partial charge in [0, 0.05) is 12.6 Å². The molecule has 2 rings (SSSR count). The summed E-state index contributed by atoms with van der Waals surface area (Å²) in [5, 5.41) is 16.6. The maximum absolute atomic E-state index is 10.9. The third-order valence-electron chi connectivity index (χ3n) is 2.95. The van der Waals surface area contributed by atoms with Crippen molar-refractivity contribution in [2.45, 2.75) is 25.9 Å². The average Bonchev–Trinajstić information content (AvgIpc) is 2.89. The third kappa shape index (κ3) is 4.19. The van der Waals surface area contributed by atoms with E-state index < -0.39 is 5.97 Å². The Kier molecular flexibility index (Phi) is 4.71. The minimum absolute atomic E-state index is 0.338. The molecule has 2 aromatic rings. The number of rotatable bonds is 6. The number of hydrogen-bond acceptors (Lipinski definition) is 3. The molecule has 19 heavy (non-hydrogen) atoms. The predicted octanol–water partition coefficient (Wildman–Crippen LogP) is 3.17. The third-order valence-corrected chi connectivity index (χ3v) is 3.68. The van der Waals surface area contributed by atoms with E-state index in [0.29, 0.717) is 18.2 Å². The molecule has 0 aliphatic rings. The van der Waals surface area contributed by atoms with Crippen LogP contribution in [0.15, 0.2) is 41.1 Å². The van der Waals surface area contributed by atoms with Gasteiger partial charge < -0.3 is 10.4 Å². The van der Waals surface area contributed by atoms with Gasteiger partial charge >= 0.3 is 5.97 Å². The van der Waals surface area contributed by atoms with Crippen LogP contribution in [0, 0.1) is 0 Å². The van der Waals surface area contributed by atoms with Crippen molar-refractivity contribution in [3.63, 3.8) is 0 Å². The van der Waals surface area contributed by atoms with Crippen molar-refractivity contribution in [2.24, 2.45) is 0 Å². The molecule has 0 radical (unpaired) electrons. The van der Waals surface area contributed by atoms with Crippen LogP contribution in [0.3, 0.4) is 0 Å². The second kappa shape index (κ2) is 6.50. The predicted molar refractivity (Wildman–Crippen MR) is 77.7 cm³/mol. The summed E-state index contributed by atoms with van der Waals surface area (Å²) in [7, 11) is 0. The number of hydrogen-bond donors (Lipinski definition) is 2. The van der Waals surface area contributed by atoms with E-state index in [0.717, 1.165) is 12.0 Å². The average molecular weight is 275 g/mol. The fourth-order valence-electron chi connectivity index (χ4n) is 1.94. The summed E-state index contributed by atoms with van der Waals surface area (Å²) in [5.74, 6) is -0.881. The molecule has 0 spiro atoms. The minimum atomic E-state index is -0.881. The first kappa shape index (κ1) is 13.8. The molecule has 0 aliphatic carbocycles. The standard InChI is InChI=1S/C15H17NO2S/c1-11(7-13-5-6-19-10-13)16-9-12-3-2-4-14(8-12)15(17)18/h2-6,8,10-11,16H,7,9H2,1H3,(H,17,18). The topological polar surface area (TPSA) is 49.3 Å². The van der Waals surface area contributed by atoms with Crippen LogP contribution in [0.25, 0.3) is 0 Å². The van der Waals surface area contributed by atoms with Gasteiger partial charge in [0.25, 0.3) is 0 Å². The van der Waals surface area contributed by atoms with Gasteiger partial charge in [0.2, 0.25) is 0 Å². The van der Waals surface area contributed by atoms with E-state index >= 15 is 0 Å². The van der Waals surface area contributed by atoms with Crippen LogP contribution in [0.1, 0.15) is 28.4 Å². The summed E-state index contributed by atoms with van der Waals surface area (Å²) >= 11 is 1.71. The van der Waals surface area contributed by atoms with Crippen molar-refractivity contribution < 1.29 is 9.90 Å². The first-order valence-corrected chi connectivity index (χ1v) is 7.16. The fraction of sp³-hybridized carbons (Fsp3) is 0.267. The maximum atomic E-state index is 10.9.